The van der Waals surface area contributed by atoms with Gasteiger partial charge in [-0.3, -0.25) is 4.79 Å². The molecular formula is C20H29NOS2. The van der Waals surface area contributed by atoms with E-state index >= 15 is 0 Å². The van der Waals surface area contributed by atoms with Crippen LogP contribution in [-0.2, 0) is 10.2 Å². The van der Waals surface area contributed by atoms with Crippen LogP contribution in [0.2, 0.25) is 0 Å². The van der Waals surface area contributed by atoms with E-state index in [9.17, 15) is 4.79 Å². The SMILES string of the molecule is CSC1(SC)[C@H](C(=O)Nc2cccc3c2[C@H](C)CC3(C)C)C1(C)C. The zero-order valence-corrected chi connectivity index (χ0v) is 17.5. The van der Waals surface area contributed by atoms with Crippen molar-refractivity contribution in [1.82, 2.24) is 0 Å². The van der Waals surface area contributed by atoms with Crippen LogP contribution in [0, 0.1) is 11.3 Å². The van der Waals surface area contributed by atoms with Crippen LogP contribution in [0.1, 0.15) is 58.1 Å². The highest BCUT2D eigenvalue weighted by Crippen LogP contribution is 2.73. The van der Waals surface area contributed by atoms with Crippen molar-refractivity contribution in [3.05, 3.63) is 29.3 Å². The number of hydrogen-bond donors (Lipinski definition) is 1. The normalized spacial score (nSPS) is 28.3. The Hall–Kier alpha value is -0.610. The molecule has 2 nitrogen and oxygen atoms in total. The monoisotopic (exact) mass is 363 g/mol. The highest BCUT2D eigenvalue weighted by molar-refractivity contribution is 8.18. The van der Waals surface area contributed by atoms with E-state index in [1.165, 1.54) is 11.1 Å². The van der Waals surface area contributed by atoms with E-state index in [0.717, 1.165) is 12.1 Å². The van der Waals surface area contributed by atoms with Crippen LogP contribution in [0.5, 0.6) is 0 Å². The van der Waals surface area contributed by atoms with E-state index < -0.39 is 0 Å². The van der Waals surface area contributed by atoms with Crippen molar-refractivity contribution >= 4 is 35.1 Å². The Bertz CT molecular complexity index is 676. The second-order valence-electron chi connectivity index (χ2n) is 8.48. The minimum atomic E-state index is -0.0000762. The first-order valence-corrected chi connectivity index (χ1v) is 11.1. The maximum absolute atomic E-state index is 13.1. The number of fused-ring (bicyclic) bond motifs is 1. The average Bonchev–Trinajstić information content (AvgIpc) is 2.90. The molecule has 3 rings (SSSR count). The van der Waals surface area contributed by atoms with Crippen LogP contribution < -0.4 is 5.32 Å². The Balaban J connectivity index is 1.89. The second kappa shape index (κ2) is 5.70. The lowest BCUT2D eigenvalue weighted by Gasteiger charge is -2.19. The Kier molecular flexibility index (Phi) is 4.32. The van der Waals surface area contributed by atoms with Crippen molar-refractivity contribution in [2.75, 3.05) is 17.8 Å². The van der Waals surface area contributed by atoms with Gasteiger partial charge in [0.15, 0.2) is 0 Å². The molecule has 0 aromatic heterocycles. The van der Waals surface area contributed by atoms with Gasteiger partial charge in [0.1, 0.15) is 0 Å². The van der Waals surface area contributed by atoms with Crippen molar-refractivity contribution in [3.8, 4) is 0 Å². The number of thioether (sulfide) groups is 2. The average molecular weight is 364 g/mol. The van der Waals surface area contributed by atoms with Crippen LogP contribution in [0.15, 0.2) is 18.2 Å². The van der Waals surface area contributed by atoms with Gasteiger partial charge in [-0.25, -0.2) is 0 Å². The maximum atomic E-state index is 13.1. The van der Waals surface area contributed by atoms with E-state index in [4.69, 9.17) is 0 Å². The fraction of sp³-hybridized carbons (Fsp3) is 0.650. The zero-order chi connectivity index (χ0) is 17.9. The summed E-state index contributed by atoms with van der Waals surface area (Å²) in [6.07, 6.45) is 5.39. The molecule has 0 saturated heterocycles. The number of carbonyl (C=O) groups is 1. The van der Waals surface area contributed by atoms with Crippen LogP contribution in [0.4, 0.5) is 5.69 Å². The molecule has 0 aliphatic heterocycles. The Morgan fingerprint density at radius 1 is 1.17 bits per heavy atom. The maximum Gasteiger partial charge on any atom is 0.230 e. The molecule has 4 heteroatoms. The summed E-state index contributed by atoms with van der Waals surface area (Å²) in [4.78, 5) is 13.1. The van der Waals surface area contributed by atoms with Gasteiger partial charge in [0.2, 0.25) is 5.91 Å². The van der Waals surface area contributed by atoms with Gasteiger partial charge in [-0.15, -0.1) is 23.5 Å². The molecule has 2 aliphatic carbocycles. The first-order valence-electron chi connectivity index (χ1n) is 8.67. The quantitative estimate of drug-likeness (QED) is 0.717. The molecule has 0 heterocycles. The summed E-state index contributed by atoms with van der Waals surface area (Å²) in [6, 6.07) is 6.39. The fourth-order valence-corrected chi connectivity index (χ4v) is 8.12. The third-order valence-corrected chi connectivity index (χ3v) is 9.92. The molecule has 0 unspecified atom stereocenters. The van der Waals surface area contributed by atoms with Gasteiger partial charge in [0.05, 0.1) is 10.00 Å². The predicted octanol–water partition coefficient (Wildman–Crippen LogP) is 5.49. The molecule has 1 saturated carbocycles. The number of carbonyl (C=O) groups excluding carboxylic acids is 1. The third kappa shape index (κ3) is 2.36. The first-order chi connectivity index (χ1) is 11.1. The van der Waals surface area contributed by atoms with Gasteiger partial charge in [0, 0.05) is 11.1 Å². The third-order valence-electron chi connectivity index (χ3n) is 6.19. The number of hydrogen-bond acceptors (Lipinski definition) is 3. The molecule has 1 aromatic carbocycles. The van der Waals surface area contributed by atoms with E-state index in [1.807, 2.05) is 23.5 Å². The Morgan fingerprint density at radius 2 is 1.79 bits per heavy atom. The molecule has 1 fully saturated rings. The number of anilines is 1. The summed E-state index contributed by atoms with van der Waals surface area (Å²) in [5.74, 6) is 0.717. The largest absolute Gasteiger partial charge is 0.325 e. The molecule has 0 bridgehead atoms. The molecular weight excluding hydrogens is 334 g/mol. The number of nitrogens with one attached hydrogen (secondary N) is 1. The highest BCUT2D eigenvalue weighted by atomic mass is 32.2. The van der Waals surface area contributed by atoms with E-state index in [-0.39, 0.29) is 26.7 Å². The molecule has 2 atom stereocenters. The summed E-state index contributed by atoms with van der Waals surface area (Å²) in [5.41, 5.74) is 3.97. The van der Waals surface area contributed by atoms with Gasteiger partial charge < -0.3 is 5.32 Å². The van der Waals surface area contributed by atoms with E-state index in [0.29, 0.717) is 5.92 Å². The molecule has 1 amide bonds. The molecule has 1 aromatic rings. The lowest BCUT2D eigenvalue weighted by atomic mass is 9.86. The topological polar surface area (TPSA) is 29.1 Å². The second-order valence-corrected chi connectivity index (χ2v) is 10.8. The molecule has 24 heavy (non-hydrogen) atoms. The van der Waals surface area contributed by atoms with E-state index in [1.54, 1.807) is 0 Å². The summed E-state index contributed by atoms with van der Waals surface area (Å²) < 4.78 is -0.0000762. The minimum absolute atomic E-state index is 0.0000762. The molecule has 0 spiro atoms. The van der Waals surface area contributed by atoms with Crippen LogP contribution in [0.25, 0.3) is 0 Å². The van der Waals surface area contributed by atoms with Crippen molar-refractivity contribution in [3.63, 3.8) is 0 Å². The first kappa shape index (κ1) is 18.2. The number of amides is 1. The number of rotatable bonds is 4. The smallest absolute Gasteiger partial charge is 0.230 e. The van der Waals surface area contributed by atoms with Crippen molar-refractivity contribution in [1.29, 1.82) is 0 Å². The van der Waals surface area contributed by atoms with Crippen LogP contribution in [0.3, 0.4) is 0 Å². The lowest BCUT2D eigenvalue weighted by molar-refractivity contribution is -0.118. The molecule has 2 aliphatic rings. The van der Waals surface area contributed by atoms with Crippen molar-refractivity contribution in [2.24, 2.45) is 11.3 Å². The Morgan fingerprint density at radius 3 is 2.33 bits per heavy atom. The summed E-state index contributed by atoms with van der Waals surface area (Å²) in [7, 11) is 0. The zero-order valence-electron chi connectivity index (χ0n) is 15.8. The van der Waals surface area contributed by atoms with Gasteiger partial charge in [-0.05, 0) is 47.5 Å². The van der Waals surface area contributed by atoms with Crippen LogP contribution in [-0.4, -0.2) is 22.5 Å². The molecule has 0 radical (unpaired) electrons. The summed E-state index contributed by atoms with van der Waals surface area (Å²) >= 11 is 3.64. The molecule has 132 valence electrons. The summed E-state index contributed by atoms with van der Waals surface area (Å²) in [6.45, 7) is 11.3. The fourth-order valence-electron chi connectivity index (χ4n) is 5.01. The van der Waals surface area contributed by atoms with Crippen molar-refractivity contribution in [2.45, 2.75) is 56.5 Å². The summed E-state index contributed by atoms with van der Waals surface area (Å²) in [5, 5.41) is 3.29. The predicted molar refractivity (Wildman–Crippen MR) is 108 cm³/mol. The highest BCUT2D eigenvalue weighted by Gasteiger charge is 2.74. The van der Waals surface area contributed by atoms with Gasteiger partial charge in [-0.1, -0.05) is 46.8 Å². The van der Waals surface area contributed by atoms with Gasteiger partial charge in [0.25, 0.3) is 0 Å². The lowest BCUT2D eigenvalue weighted by Crippen LogP contribution is -2.20. The Labute approximate surface area is 154 Å². The number of benzene rings is 1. The van der Waals surface area contributed by atoms with Crippen molar-refractivity contribution < 1.29 is 4.79 Å². The molecule has 1 N–H and O–H groups in total. The van der Waals surface area contributed by atoms with Crippen LogP contribution >= 0.6 is 23.5 Å². The van der Waals surface area contributed by atoms with Gasteiger partial charge in [-0.2, -0.15) is 0 Å². The van der Waals surface area contributed by atoms with E-state index in [2.05, 4.69) is 70.6 Å². The van der Waals surface area contributed by atoms with Gasteiger partial charge >= 0.3 is 0 Å². The minimum Gasteiger partial charge on any atom is -0.325 e. The standard InChI is InChI=1S/C20H29NOS2/c1-12-11-18(2,3)13-9-8-10-14(15(12)13)21-17(22)16-19(4,5)20(16,23-6)24-7/h8-10,12,16H,11H2,1-7H3,(H,21,22)/t12-,16-/m1/s1.